The van der Waals surface area contributed by atoms with Gasteiger partial charge in [0.2, 0.25) is 0 Å². The lowest BCUT2D eigenvalue weighted by molar-refractivity contribution is -0.137. The lowest BCUT2D eigenvalue weighted by atomic mass is 10.1. The van der Waals surface area contributed by atoms with Gasteiger partial charge in [0.25, 0.3) is 0 Å². The van der Waals surface area contributed by atoms with E-state index < -0.39 is 11.7 Å². The summed E-state index contributed by atoms with van der Waals surface area (Å²) in [6.07, 6.45) is -4.26. The van der Waals surface area contributed by atoms with E-state index in [1.165, 1.54) is 0 Å². The second-order valence-corrected chi connectivity index (χ2v) is 3.43. The highest BCUT2D eigenvalue weighted by atomic mass is 79.9. The van der Waals surface area contributed by atoms with Gasteiger partial charge in [-0.2, -0.15) is 13.2 Å². The molecule has 0 unspecified atom stereocenters. The molecule has 0 aromatic heterocycles. The SMILES string of the molecule is Cc1cc(Br)cc(C(F)(F)F)c1. The molecule has 12 heavy (non-hydrogen) atoms. The van der Waals surface area contributed by atoms with Crippen LogP contribution >= 0.6 is 15.9 Å². The molecule has 1 rings (SSSR count). The van der Waals surface area contributed by atoms with Gasteiger partial charge in [-0.15, -0.1) is 0 Å². The Hall–Kier alpha value is -0.510. The van der Waals surface area contributed by atoms with Crippen molar-refractivity contribution in [2.24, 2.45) is 0 Å². The maximum atomic E-state index is 12.1. The van der Waals surface area contributed by atoms with Crippen molar-refractivity contribution in [2.45, 2.75) is 13.1 Å². The minimum absolute atomic E-state index is 0.454. The Bertz CT molecular complexity index is 271. The molecule has 0 fully saturated rings. The Labute approximate surface area is 76.5 Å². The van der Waals surface area contributed by atoms with Crippen molar-refractivity contribution < 1.29 is 13.2 Å². The summed E-state index contributed by atoms with van der Waals surface area (Å²) in [4.78, 5) is 0. The van der Waals surface area contributed by atoms with Crippen molar-refractivity contribution >= 4 is 15.9 Å². The van der Waals surface area contributed by atoms with Crippen LogP contribution in [0.25, 0.3) is 0 Å². The normalized spacial score (nSPS) is 11.8. The third kappa shape index (κ3) is 2.24. The van der Waals surface area contributed by atoms with Crippen molar-refractivity contribution in [1.29, 1.82) is 0 Å². The van der Waals surface area contributed by atoms with Crippen LogP contribution < -0.4 is 0 Å². The van der Waals surface area contributed by atoms with Gasteiger partial charge in [-0.25, -0.2) is 0 Å². The molecule has 0 bridgehead atoms. The molecular formula is C8H6BrF3. The summed E-state index contributed by atoms with van der Waals surface area (Å²) in [7, 11) is 0. The summed E-state index contributed by atoms with van der Waals surface area (Å²) in [6, 6.07) is 3.81. The highest BCUT2D eigenvalue weighted by Crippen LogP contribution is 2.31. The van der Waals surface area contributed by atoms with E-state index >= 15 is 0 Å². The summed E-state index contributed by atoms with van der Waals surface area (Å²) in [5, 5.41) is 0. The van der Waals surface area contributed by atoms with Crippen molar-refractivity contribution in [1.82, 2.24) is 0 Å². The predicted octanol–water partition coefficient (Wildman–Crippen LogP) is 3.78. The number of aryl methyl sites for hydroxylation is 1. The Balaban J connectivity index is 3.18. The predicted molar refractivity (Wildman–Crippen MR) is 43.9 cm³/mol. The van der Waals surface area contributed by atoms with Crippen molar-refractivity contribution in [3.05, 3.63) is 33.8 Å². The van der Waals surface area contributed by atoms with E-state index in [2.05, 4.69) is 15.9 Å². The number of hydrogen-bond acceptors (Lipinski definition) is 0. The zero-order valence-corrected chi connectivity index (χ0v) is 7.83. The molecular weight excluding hydrogens is 233 g/mol. The molecule has 0 atom stereocenters. The fourth-order valence-electron chi connectivity index (χ4n) is 0.900. The van der Waals surface area contributed by atoms with E-state index in [1.807, 2.05) is 0 Å². The van der Waals surface area contributed by atoms with E-state index in [1.54, 1.807) is 13.0 Å². The van der Waals surface area contributed by atoms with Gasteiger partial charge < -0.3 is 0 Å². The lowest BCUT2D eigenvalue weighted by Gasteiger charge is -2.07. The lowest BCUT2D eigenvalue weighted by Crippen LogP contribution is -2.04. The topological polar surface area (TPSA) is 0 Å². The number of hydrogen-bond donors (Lipinski definition) is 0. The van der Waals surface area contributed by atoms with Crippen molar-refractivity contribution in [3.8, 4) is 0 Å². The smallest absolute Gasteiger partial charge is 0.166 e. The Morgan fingerprint density at radius 1 is 1.17 bits per heavy atom. The Kier molecular flexibility index (Phi) is 2.46. The summed E-state index contributed by atoms with van der Waals surface area (Å²) in [5.74, 6) is 0. The standard InChI is InChI=1S/C8H6BrF3/c1-5-2-6(8(10,11)12)4-7(9)3-5/h2-4H,1H3. The fourth-order valence-corrected chi connectivity index (χ4v) is 1.51. The molecule has 66 valence electrons. The van der Waals surface area contributed by atoms with Gasteiger partial charge in [-0.05, 0) is 30.7 Å². The van der Waals surface area contributed by atoms with Crippen molar-refractivity contribution in [2.75, 3.05) is 0 Å². The van der Waals surface area contributed by atoms with Crippen LogP contribution in [0.4, 0.5) is 13.2 Å². The summed E-state index contributed by atoms with van der Waals surface area (Å²) >= 11 is 3.01. The minimum atomic E-state index is -4.26. The molecule has 4 heteroatoms. The number of halogens is 4. The van der Waals surface area contributed by atoms with Gasteiger partial charge in [0, 0.05) is 4.47 Å². The molecule has 0 aliphatic rings. The molecule has 0 nitrogen and oxygen atoms in total. The average Bonchev–Trinajstić information content (AvgIpc) is 1.82. The van der Waals surface area contributed by atoms with Crippen LogP contribution in [-0.2, 0) is 6.18 Å². The molecule has 0 saturated heterocycles. The van der Waals surface area contributed by atoms with Crippen LogP contribution in [0, 0.1) is 6.92 Å². The Morgan fingerprint density at radius 3 is 2.17 bits per heavy atom. The zero-order valence-electron chi connectivity index (χ0n) is 6.24. The summed E-state index contributed by atoms with van der Waals surface area (Å²) in [5.41, 5.74) is -0.0222. The Morgan fingerprint density at radius 2 is 1.75 bits per heavy atom. The van der Waals surface area contributed by atoms with E-state index in [-0.39, 0.29) is 0 Å². The zero-order chi connectivity index (χ0) is 9.35. The molecule has 0 spiro atoms. The van der Waals surface area contributed by atoms with E-state index in [9.17, 15) is 13.2 Å². The molecule has 0 aliphatic heterocycles. The number of benzene rings is 1. The van der Waals surface area contributed by atoms with E-state index in [4.69, 9.17) is 0 Å². The monoisotopic (exact) mass is 238 g/mol. The molecule has 0 amide bonds. The number of rotatable bonds is 0. The first kappa shape index (κ1) is 9.58. The minimum Gasteiger partial charge on any atom is -0.166 e. The third-order valence-electron chi connectivity index (χ3n) is 1.37. The fraction of sp³-hybridized carbons (Fsp3) is 0.250. The van der Waals surface area contributed by atoms with Gasteiger partial charge in [-0.1, -0.05) is 15.9 Å². The van der Waals surface area contributed by atoms with Crippen LogP contribution in [0.1, 0.15) is 11.1 Å². The molecule has 0 saturated carbocycles. The van der Waals surface area contributed by atoms with Crippen LogP contribution in [-0.4, -0.2) is 0 Å². The van der Waals surface area contributed by atoms with Gasteiger partial charge >= 0.3 is 6.18 Å². The number of alkyl halides is 3. The second-order valence-electron chi connectivity index (χ2n) is 2.52. The van der Waals surface area contributed by atoms with Gasteiger partial charge in [0.05, 0.1) is 5.56 Å². The van der Waals surface area contributed by atoms with Gasteiger partial charge in [0.1, 0.15) is 0 Å². The summed E-state index contributed by atoms with van der Waals surface area (Å²) in [6.45, 7) is 1.62. The summed E-state index contributed by atoms with van der Waals surface area (Å²) < 4.78 is 36.8. The molecule has 0 aliphatic carbocycles. The quantitative estimate of drug-likeness (QED) is 0.646. The average molecular weight is 239 g/mol. The van der Waals surface area contributed by atoms with Crippen LogP contribution in [0.2, 0.25) is 0 Å². The molecule has 1 aromatic rings. The van der Waals surface area contributed by atoms with Crippen LogP contribution in [0.15, 0.2) is 22.7 Å². The van der Waals surface area contributed by atoms with Gasteiger partial charge in [0.15, 0.2) is 0 Å². The first-order valence-electron chi connectivity index (χ1n) is 3.24. The van der Waals surface area contributed by atoms with Gasteiger partial charge in [-0.3, -0.25) is 0 Å². The third-order valence-corrected chi connectivity index (χ3v) is 1.83. The molecule has 1 aromatic carbocycles. The first-order chi connectivity index (χ1) is 5.39. The molecule has 0 radical (unpaired) electrons. The highest BCUT2D eigenvalue weighted by molar-refractivity contribution is 9.10. The van der Waals surface area contributed by atoms with Crippen LogP contribution in [0.3, 0.4) is 0 Å². The molecule has 0 heterocycles. The first-order valence-corrected chi connectivity index (χ1v) is 4.03. The van der Waals surface area contributed by atoms with Crippen molar-refractivity contribution in [3.63, 3.8) is 0 Å². The van der Waals surface area contributed by atoms with E-state index in [0.29, 0.717) is 10.0 Å². The second kappa shape index (κ2) is 3.09. The molecule has 0 N–H and O–H groups in total. The van der Waals surface area contributed by atoms with Crippen LogP contribution in [0.5, 0.6) is 0 Å². The largest absolute Gasteiger partial charge is 0.416 e. The maximum absolute atomic E-state index is 12.1. The maximum Gasteiger partial charge on any atom is 0.416 e. The van der Waals surface area contributed by atoms with E-state index in [0.717, 1.165) is 12.1 Å². The highest BCUT2D eigenvalue weighted by Gasteiger charge is 2.30.